The summed E-state index contributed by atoms with van der Waals surface area (Å²) in [6, 6.07) is 5.43. The first-order valence-electron chi connectivity index (χ1n) is 3.98. The molecule has 1 atom stereocenters. The van der Waals surface area contributed by atoms with Crippen molar-refractivity contribution in [3.8, 4) is 5.75 Å². The first-order valence-corrected chi connectivity index (χ1v) is 3.98. The quantitative estimate of drug-likeness (QED) is 0.566. The molecule has 64 valence electrons. The number of nitrogens with two attached hydrogens (primary N) is 1. The number of anilines is 1. The van der Waals surface area contributed by atoms with Crippen LogP contribution in [0.5, 0.6) is 5.75 Å². The van der Waals surface area contributed by atoms with Gasteiger partial charge in [0.2, 0.25) is 0 Å². The highest BCUT2D eigenvalue weighted by molar-refractivity contribution is 5.56. The Morgan fingerprint density at radius 3 is 3.08 bits per heavy atom. The Morgan fingerprint density at radius 2 is 2.33 bits per heavy atom. The molecule has 0 aliphatic carbocycles. The normalized spacial score (nSPS) is 21.2. The summed E-state index contributed by atoms with van der Waals surface area (Å²) < 4.78 is 5.33. The number of aliphatic hydroxyl groups excluding tert-OH is 1. The Bertz CT molecular complexity index is 299. The van der Waals surface area contributed by atoms with Gasteiger partial charge in [-0.15, -0.1) is 0 Å². The van der Waals surface area contributed by atoms with E-state index in [9.17, 15) is 5.11 Å². The van der Waals surface area contributed by atoms with Crippen molar-refractivity contribution in [3.05, 3.63) is 23.8 Å². The minimum atomic E-state index is -0.463. The Labute approximate surface area is 70.8 Å². The number of hydrogen-bond donors (Lipinski definition) is 2. The molecule has 3 N–H and O–H groups in total. The monoisotopic (exact) mass is 165 g/mol. The molecule has 0 aromatic heterocycles. The van der Waals surface area contributed by atoms with Gasteiger partial charge in [0.15, 0.2) is 0 Å². The lowest BCUT2D eigenvalue weighted by Gasteiger charge is -2.23. The van der Waals surface area contributed by atoms with Crippen LogP contribution in [0, 0.1) is 0 Å². The molecule has 1 unspecified atom stereocenters. The van der Waals surface area contributed by atoms with Crippen molar-refractivity contribution in [2.75, 3.05) is 12.3 Å². The van der Waals surface area contributed by atoms with E-state index in [1.54, 1.807) is 6.07 Å². The van der Waals surface area contributed by atoms with E-state index in [-0.39, 0.29) is 0 Å². The van der Waals surface area contributed by atoms with Gasteiger partial charge in [-0.1, -0.05) is 6.07 Å². The third-order valence-electron chi connectivity index (χ3n) is 2.08. The molecule has 1 aliphatic heterocycles. The molecule has 1 aliphatic rings. The van der Waals surface area contributed by atoms with Crippen LogP contribution in [0.3, 0.4) is 0 Å². The number of benzene rings is 1. The SMILES string of the molecule is Nc1cccc2c1C(O)CCO2. The first kappa shape index (κ1) is 7.43. The van der Waals surface area contributed by atoms with E-state index in [0.29, 0.717) is 24.5 Å². The van der Waals surface area contributed by atoms with Crippen molar-refractivity contribution in [2.45, 2.75) is 12.5 Å². The molecule has 0 fully saturated rings. The van der Waals surface area contributed by atoms with Gasteiger partial charge < -0.3 is 15.6 Å². The fraction of sp³-hybridized carbons (Fsp3) is 0.333. The van der Waals surface area contributed by atoms with E-state index in [0.717, 1.165) is 5.56 Å². The second kappa shape index (κ2) is 2.68. The Morgan fingerprint density at radius 1 is 1.50 bits per heavy atom. The molecular formula is C9H11NO2. The molecule has 0 saturated heterocycles. The van der Waals surface area contributed by atoms with Crippen LogP contribution in [0.2, 0.25) is 0 Å². The second-order valence-corrected chi connectivity index (χ2v) is 2.91. The Kier molecular flexibility index (Phi) is 1.66. The van der Waals surface area contributed by atoms with Crippen molar-refractivity contribution in [1.82, 2.24) is 0 Å². The van der Waals surface area contributed by atoms with E-state index >= 15 is 0 Å². The van der Waals surface area contributed by atoms with Crippen LogP contribution in [-0.2, 0) is 0 Å². The van der Waals surface area contributed by atoms with E-state index in [4.69, 9.17) is 10.5 Å². The maximum Gasteiger partial charge on any atom is 0.127 e. The third kappa shape index (κ3) is 1.02. The van der Waals surface area contributed by atoms with Crippen LogP contribution < -0.4 is 10.5 Å². The zero-order chi connectivity index (χ0) is 8.55. The third-order valence-corrected chi connectivity index (χ3v) is 2.08. The van der Waals surface area contributed by atoms with Crippen LogP contribution in [0.25, 0.3) is 0 Å². The molecule has 0 radical (unpaired) electrons. The van der Waals surface area contributed by atoms with Crippen LogP contribution in [0.1, 0.15) is 18.1 Å². The average molecular weight is 165 g/mol. The average Bonchev–Trinajstić information content (AvgIpc) is 2.04. The van der Waals surface area contributed by atoms with Gasteiger partial charge in [0.25, 0.3) is 0 Å². The fourth-order valence-corrected chi connectivity index (χ4v) is 1.47. The summed E-state index contributed by atoms with van der Waals surface area (Å²) in [5.41, 5.74) is 7.04. The van der Waals surface area contributed by atoms with Crippen LogP contribution in [0.15, 0.2) is 18.2 Å². The van der Waals surface area contributed by atoms with Gasteiger partial charge in [0, 0.05) is 17.7 Å². The predicted octanol–water partition coefficient (Wildman–Crippen LogP) is 1.08. The van der Waals surface area contributed by atoms with Gasteiger partial charge in [0.1, 0.15) is 5.75 Å². The molecule has 3 heteroatoms. The lowest BCUT2D eigenvalue weighted by Crippen LogP contribution is -2.15. The number of fused-ring (bicyclic) bond motifs is 1. The smallest absolute Gasteiger partial charge is 0.127 e. The number of rotatable bonds is 0. The lowest BCUT2D eigenvalue weighted by molar-refractivity contribution is 0.116. The predicted molar refractivity (Wildman–Crippen MR) is 45.9 cm³/mol. The fourth-order valence-electron chi connectivity index (χ4n) is 1.47. The van der Waals surface area contributed by atoms with Gasteiger partial charge in [-0.05, 0) is 12.1 Å². The Hall–Kier alpha value is -1.22. The molecule has 2 rings (SSSR count). The molecule has 0 bridgehead atoms. The summed E-state index contributed by atoms with van der Waals surface area (Å²) in [6.45, 7) is 0.567. The summed E-state index contributed by atoms with van der Waals surface area (Å²) in [4.78, 5) is 0. The standard InChI is InChI=1S/C9H11NO2/c10-6-2-1-3-8-9(6)7(11)4-5-12-8/h1-3,7,11H,4-5,10H2. The van der Waals surface area contributed by atoms with Crippen molar-refractivity contribution < 1.29 is 9.84 Å². The first-order chi connectivity index (χ1) is 5.79. The number of aliphatic hydroxyl groups is 1. The van der Waals surface area contributed by atoms with Gasteiger partial charge in [0.05, 0.1) is 12.7 Å². The lowest BCUT2D eigenvalue weighted by atomic mass is 10.0. The molecule has 0 saturated carbocycles. The van der Waals surface area contributed by atoms with E-state index < -0.39 is 6.10 Å². The highest BCUT2D eigenvalue weighted by Gasteiger charge is 2.20. The molecule has 1 aromatic rings. The van der Waals surface area contributed by atoms with E-state index in [1.165, 1.54) is 0 Å². The van der Waals surface area contributed by atoms with Crippen LogP contribution >= 0.6 is 0 Å². The van der Waals surface area contributed by atoms with Crippen molar-refractivity contribution >= 4 is 5.69 Å². The maximum atomic E-state index is 9.58. The van der Waals surface area contributed by atoms with Gasteiger partial charge in [-0.2, -0.15) is 0 Å². The number of ether oxygens (including phenoxy) is 1. The van der Waals surface area contributed by atoms with E-state index in [1.807, 2.05) is 12.1 Å². The summed E-state index contributed by atoms with van der Waals surface area (Å²) in [7, 11) is 0. The largest absolute Gasteiger partial charge is 0.493 e. The second-order valence-electron chi connectivity index (χ2n) is 2.91. The maximum absolute atomic E-state index is 9.58. The van der Waals surface area contributed by atoms with Crippen LogP contribution in [-0.4, -0.2) is 11.7 Å². The van der Waals surface area contributed by atoms with E-state index in [2.05, 4.69) is 0 Å². The molecule has 0 spiro atoms. The Balaban J connectivity index is 2.53. The summed E-state index contributed by atoms with van der Waals surface area (Å²) >= 11 is 0. The van der Waals surface area contributed by atoms with Crippen molar-refractivity contribution in [3.63, 3.8) is 0 Å². The van der Waals surface area contributed by atoms with Crippen molar-refractivity contribution in [1.29, 1.82) is 0 Å². The highest BCUT2D eigenvalue weighted by atomic mass is 16.5. The van der Waals surface area contributed by atoms with Gasteiger partial charge >= 0.3 is 0 Å². The molecule has 12 heavy (non-hydrogen) atoms. The molecular weight excluding hydrogens is 154 g/mol. The number of hydrogen-bond acceptors (Lipinski definition) is 3. The topological polar surface area (TPSA) is 55.5 Å². The molecule has 1 aromatic carbocycles. The zero-order valence-electron chi connectivity index (χ0n) is 6.66. The molecule has 3 nitrogen and oxygen atoms in total. The summed E-state index contributed by atoms with van der Waals surface area (Å²) in [5.74, 6) is 0.716. The summed E-state index contributed by atoms with van der Waals surface area (Å²) in [5, 5.41) is 9.58. The van der Waals surface area contributed by atoms with Gasteiger partial charge in [-0.25, -0.2) is 0 Å². The highest BCUT2D eigenvalue weighted by Crippen LogP contribution is 2.35. The zero-order valence-corrected chi connectivity index (χ0v) is 6.66. The number of nitrogen functional groups attached to an aromatic ring is 1. The minimum absolute atomic E-state index is 0.463. The van der Waals surface area contributed by atoms with Crippen LogP contribution in [0.4, 0.5) is 5.69 Å². The van der Waals surface area contributed by atoms with Crippen molar-refractivity contribution in [2.24, 2.45) is 0 Å². The summed E-state index contributed by atoms with van der Waals surface area (Å²) in [6.07, 6.45) is 0.163. The molecule has 0 amide bonds. The molecule has 1 heterocycles. The minimum Gasteiger partial charge on any atom is -0.493 e. The van der Waals surface area contributed by atoms with Gasteiger partial charge in [-0.3, -0.25) is 0 Å².